The quantitative estimate of drug-likeness (QED) is 0.709. The van der Waals surface area contributed by atoms with Gasteiger partial charge in [0.15, 0.2) is 18.1 Å². The van der Waals surface area contributed by atoms with Crippen LogP contribution in [0.25, 0.3) is 0 Å². The standard InChI is InChI=1S/C20H20N2O7/c1-21-19(24)12-4-3-5-14(8-12)22-17(23)11-29-20(25)13-9-15(26-2)18-16(10-13)27-6-7-28-18/h3-5,8-10H,6-7,11H2,1-2H3,(H,21,24)(H,22,23). The number of methoxy groups -OCH3 is 1. The largest absolute Gasteiger partial charge is 0.493 e. The van der Waals surface area contributed by atoms with Crippen molar-refractivity contribution in [3.63, 3.8) is 0 Å². The molecule has 0 saturated carbocycles. The summed E-state index contributed by atoms with van der Waals surface area (Å²) in [4.78, 5) is 36.1. The van der Waals surface area contributed by atoms with Crippen LogP contribution in [0.3, 0.4) is 0 Å². The number of carbonyl (C=O) groups is 3. The number of hydrogen-bond donors (Lipinski definition) is 2. The molecule has 0 aliphatic carbocycles. The highest BCUT2D eigenvalue weighted by atomic mass is 16.6. The maximum atomic E-state index is 12.3. The minimum absolute atomic E-state index is 0.167. The Hall–Kier alpha value is -3.75. The Morgan fingerprint density at radius 1 is 1.07 bits per heavy atom. The van der Waals surface area contributed by atoms with Gasteiger partial charge in [-0.05, 0) is 30.3 Å². The Balaban J connectivity index is 1.62. The van der Waals surface area contributed by atoms with Crippen molar-refractivity contribution >= 4 is 23.5 Å². The van der Waals surface area contributed by atoms with Crippen LogP contribution in [0.2, 0.25) is 0 Å². The summed E-state index contributed by atoms with van der Waals surface area (Å²) in [6.45, 7) is 0.237. The zero-order valence-corrected chi connectivity index (χ0v) is 15.9. The summed E-state index contributed by atoms with van der Waals surface area (Å²) in [6.07, 6.45) is 0. The second kappa shape index (κ2) is 8.96. The highest BCUT2D eigenvalue weighted by Crippen LogP contribution is 2.40. The van der Waals surface area contributed by atoms with Crippen molar-refractivity contribution in [3.05, 3.63) is 47.5 Å². The lowest BCUT2D eigenvalue weighted by Crippen LogP contribution is -2.22. The SMILES string of the molecule is CNC(=O)c1cccc(NC(=O)COC(=O)c2cc(OC)c3c(c2)OCCO3)c1. The smallest absolute Gasteiger partial charge is 0.338 e. The van der Waals surface area contributed by atoms with E-state index in [-0.39, 0.29) is 11.5 Å². The summed E-state index contributed by atoms with van der Waals surface area (Å²) < 4.78 is 21.3. The van der Waals surface area contributed by atoms with Crippen molar-refractivity contribution in [2.45, 2.75) is 0 Å². The monoisotopic (exact) mass is 400 g/mol. The first-order chi connectivity index (χ1) is 14.0. The summed E-state index contributed by atoms with van der Waals surface area (Å²) >= 11 is 0. The first-order valence-corrected chi connectivity index (χ1v) is 8.78. The van der Waals surface area contributed by atoms with E-state index in [1.54, 1.807) is 18.2 Å². The summed E-state index contributed by atoms with van der Waals surface area (Å²) in [5.74, 6) is -0.404. The lowest BCUT2D eigenvalue weighted by molar-refractivity contribution is -0.119. The van der Waals surface area contributed by atoms with Gasteiger partial charge in [0.2, 0.25) is 5.75 Å². The molecule has 0 bridgehead atoms. The summed E-state index contributed by atoms with van der Waals surface area (Å²) in [7, 11) is 2.96. The van der Waals surface area contributed by atoms with Gasteiger partial charge in [0.05, 0.1) is 12.7 Å². The Bertz CT molecular complexity index is 925. The maximum absolute atomic E-state index is 12.3. The van der Waals surface area contributed by atoms with Gasteiger partial charge in [-0.15, -0.1) is 0 Å². The number of hydrogen-bond acceptors (Lipinski definition) is 7. The summed E-state index contributed by atoms with van der Waals surface area (Å²) in [5.41, 5.74) is 0.972. The minimum atomic E-state index is -0.713. The van der Waals surface area contributed by atoms with E-state index in [1.165, 1.54) is 32.4 Å². The van der Waals surface area contributed by atoms with Crippen LogP contribution in [0.15, 0.2) is 36.4 Å². The molecule has 0 aromatic heterocycles. The normalized spacial score (nSPS) is 11.9. The molecule has 0 fully saturated rings. The van der Waals surface area contributed by atoms with E-state index in [0.29, 0.717) is 41.7 Å². The number of anilines is 1. The third-order valence-corrected chi connectivity index (χ3v) is 4.03. The molecule has 29 heavy (non-hydrogen) atoms. The maximum Gasteiger partial charge on any atom is 0.338 e. The molecule has 2 aromatic rings. The first kappa shape index (κ1) is 20.0. The highest BCUT2D eigenvalue weighted by molar-refractivity contribution is 5.98. The van der Waals surface area contributed by atoms with Crippen molar-refractivity contribution < 1.29 is 33.3 Å². The van der Waals surface area contributed by atoms with Gasteiger partial charge < -0.3 is 29.6 Å². The first-order valence-electron chi connectivity index (χ1n) is 8.78. The number of amides is 2. The highest BCUT2D eigenvalue weighted by Gasteiger charge is 2.22. The number of ether oxygens (including phenoxy) is 4. The number of nitrogens with one attached hydrogen (secondary N) is 2. The van der Waals surface area contributed by atoms with E-state index in [2.05, 4.69) is 10.6 Å². The van der Waals surface area contributed by atoms with Crippen LogP contribution in [0.4, 0.5) is 5.69 Å². The molecule has 0 unspecified atom stereocenters. The number of carbonyl (C=O) groups excluding carboxylic acids is 3. The molecule has 9 nitrogen and oxygen atoms in total. The van der Waals surface area contributed by atoms with Gasteiger partial charge in [0.25, 0.3) is 11.8 Å². The van der Waals surface area contributed by atoms with E-state index >= 15 is 0 Å². The molecule has 0 atom stereocenters. The third kappa shape index (κ3) is 4.75. The molecule has 0 saturated heterocycles. The Labute approximate surface area is 166 Å². The van der Waals surface area contributed by atoms with E-state index in [0.717, 1.165) is 0 Å². The Morgan fingerprint density at radius 3 is 2.62 bits per heavy atom. The second-order valence-corrected chi connectivity index (χ2v) is 5.99. The molecule has 152 valence electrons. The third-order valence-electron chi connectivity index (χ3n) is 4.03. The summed E-state index contributed by atoms with van der Waals surface area (Å²) in [5, 5.41) is 5.08. The topological polar surface area (TPSA) is 112 Å². The average molecular weight is 400 g/mol. The molecular weight excluding hydrogens is 380 g/mol. The van der Waals surface area contributed by atoms with Crippen LogP contribution in [-0.2, 0) is 9.53 Å². The van der Waals surface area contributed by atoms with Crippen molar-refractivity contribution in [3.8, 4) is 17.2 Å². The zero-order valence-electron chi connectivity index (χ0n) is 15.9. The predicted molar refractivity (Wildman–Crippen MR) is 103 cm³/mol. The number of benzene rings is 2. The number of fused-ring (bicyclic) bond motifs is 1. The van der Waals surface area contributed by atoms with E-state index < -0.39 is 18.5 Å². The van der Waals surface area contributed by atoms with Crippen molar-refractivity contribution in [1.29, 1.82) is 0 Å². The fourth-order valence-electron chi connectivity index (χ4n) is 2.68. The molecule has 2 amide bonds. The van der Waals surface area contributed by atoms with Crippen LogP contribution in [0.1, 0.15) is 20.7 Å². The van der Waals surface area contributed by atoms with Crippen LogP contribution >= 0.6 is 0 Å². The predicted octanol–water partition coefficient (Wildman–Crippen LogP) is 1.62. The lowest BCUT2D eigenvalue weighted by atomic mass is 10.1. The van der Waals surface area contributed by atoms with Crippen molar-refractivity contribution in [2.24, 2.45) is 0 Å². The van der Waals surface area contributed by atoms with Crippen molar-refractivity contribution in [2.75, 3.05) is 39.3 Å². The minimum Gasteiger partial charge on any atom is -0.493 e. The fraction of sp³-hybridized carbons (Fsp3) is 0.250. The lowest BCUT2D eigenvalue weighted by Gasteiger charge is -2.21. The van der Waals surface area contributed by atoms with Crippen LogP contribution in [0, 0.1) is 0 Å². The molecule has 2 aromatic carbocycles. The van der Waals surface area contributed by atoms with Gasteiger partial charge in [-0.25, -0.2) is 4.79 Å². The number of rotatable bonds is 6. The molecule has 9 heteroatoms. The van der Waals surface area contributed by atoms with Gasteiger partial charge in [-0.2, -0.15) is 0 Å². The van der Waals surface area contributed by atoms with Gasteiger partial charge in [-0.3, -0.25) is 9.59 Å². The fourth-order valence-corrected chi connectivity index (χ4v) is 2.68. The van der Waals surface area contributed by atoms with Crippen LogP contribution < -0.4 is 24.8 Å². The van der Waals surface area contributed by atoms with Gasteiger partial charge >= 0.3 is 5.97 Å². The van der Waals surface area contributed by atoms with E-state index in [9.17, 15) is 14.4 Å². The number of esters is 1. The van der Waals surface area contributed by atoms with Gasteiger partial charge in [0, 0.05) is 18.3 Å². The molecule has 0 spiro atoms. The average Bonchev–Trinajstić information content (AvgIpc) is 2.76. The molecule has 0 radical (unpaired) electrons. The molecular formula is C20H20N2O7. The molecule has 2 N–H and O–H groups in total. The summed E-state index contributed by atoms with van der Waals surface area (Å²) in [6, 6.07) is 9.32. The Kier molecular flexibility index (Phi) is 6.18. The molecule has 1 aliphatic heterocycles. The van der Waals surface area contributed by atoms with Gasteiger partial charge in [-0.1, -0.05) is 6.07 Å². The van der Waals surface area contributed by atoms with Crippen LogP contribution in [-0.4, -0.2) is 51.8 Å². The zero-order chi connectivity index (χ0) is 20.8. The Morgan fingerprint density at radius 2 is 1.86 bits per heavy atom. The van der Waals surface area contributed by atoms with E-state index in [1.807, 2.05) is 0 Å². The van der Waals surface area contributed by atoms with Crippen LogP contribution in [0.5, 0.6) is 17.2 Å². The molecule has 1 heterocycles. The second-order valence-electron chi connectivity index (χ2n) is 5.99. The van der Waals surface area contributed by atoms with E-state index in [4.69, 9.17) is 18.9 Å². The van der Waals surface area contributed by atoms with Gasteiger partial charge in [0.1, 0.15) is 13.2 Å². The molecule has 1 aliphatic rings. The molecule has 3 rings (SSSR count). The van der Waals surface area contributed by atoms with Crippen molar-refractivity contribution in [1.82, 2.24) is 5.32 Å².